The number of nitrogens with zero attached hydrogens (tertiary/aromatic N) is 2. The lowest BCUT2D eigenvalue weighted by molar-refractivity contribution is -0.118. The maximum absolute atomic E-state index is 12.5. The molecule has 3 aromatic rings. The van der Waals surface area contributed by atoms with E-state index >= 15 is 0 Å². The van der Waals surface area contributed by atoms with Gasteiger partial charge in [0.2, 0.25) is 11.8 Å². The van der Waals surface area contributed by atoms with Crippen molar-refractivity contribution in [2.24, 2.45) is 5.73 Å². The van der Waals surface area contributed by atoms with Gasteiger partial charge in [-0.1, -0.05) is 24.3 Å². The van der Waals surface area contributed by atoms with Crippen molar-refractivity contribution < 1.29 is 14.4 Å². The first kappa shape index (κ1) is 20.7. The Bertz CT molecular complexity index is 1160. The smallest absolute Gasteiger partial charge is 0.261 e. The van der Waals surface area contributed by atoms with E-state index in [0.717, 1.165) is 0 Å². The van der Waals surface area contributed by atoms with Crippen LogP contribution in [0.25, 0.3) is 10.9 Å². The molecule has 154 valence electrons. The Morgan fingerprint density at radius 3 is 2.53 bits per heavy atom. The number of hydrogen-bond donors (Lipinski definition) is 3. The van der Waals surface area contributed by atoms with Crippen LogP contribution in [0.3, 0.4) is 0 Å². The first-order valence-corrected chi connectivity index (χ1v) is 9.35. The highest BCUT2D eigenvalue weighted by atomic mass is 16.2. The number of rotatable bonds is 8. The van der Waals surface area contributed by atoms with Gasteiger partial charge in [-0.05, 0) is 24.3 Å². The van der Waals surface area contributed by atoms with Crippen LogP contribution in [0.2, 0.25) is 0 Å². The SMILES string of the molecule is NC(=O)CCNC(=O)c1ccccc1NC(=O)CCn1cnc2ccccc2c1=O. The van der Waals surface area contributed by atoms with Crippen molar-refractivity contribution in [2.45, 2.75) is 19.4 Å². The number of amides is 3. The molecule has 9 nitrogen and oxygen atoms in total. The van der Waals surface area contributed by atoms with Crippen LogP contribution in [0, 0.1) is 0 Å². The zero-order valence-electron chi connectivity index (χ0n) is 16.1. The highest BCUT2D eigenvalue weighted by Gasteiger charge is 2.13. The van der Waals surface area contributed by atoms with Crippen LogP contribution in [0.5, 0.6) is 0 Å². The Morgan fingerprint density at radius 2 is 1.73 bits per heavy atom. The van der Waals surface area contributed by atoms with E-state index in [-0.39, 0.29) is 43.0 Å². The van der Waals surface area contributed by atoms with E-state index in [2.05, 4.69) is 15.6 Å². The van der Waals surface area contributed by atoms with Gasteiger partial charge in [-0.2, -0.15) is 0 Å². The number of primary amides is 1. The predicted octanol–water partition coefficient (Wildman–Crippen LogP) is 1.03. The number of carbonyl (C=O) groups is 3. The number of anilines is 1. The molecule has 0 saturated heterocycles. The molecule has 0 saturated carbocycles. The monoisotopic (exact) mass is 407 g/mol. The summed E-state index contributed by atoms with van der Waals surface area (Å²) in [6.45, 7) is 0.254. The van der Waals surface area contributed by atoms with Gasteiger partial charge >= 0.3 is 0 Å². The molecular formula is C21H21N5O4. The molecular weight excluding hydrogens is 386 g/mol. The number of hydrogen-bond acceptors (Lipinski definition) is 5. The van der Waals surface area contributed by atoms with E-state index in [4.69, 9.17) is 5.73 Å². The molecule has 0 aliphatic heterocycles. The first-order chi connectivity index (χ1) is 14.5. The minimum atomic E-state index is -0.518. The van der Waals surface area contributed by atoms with Crippen molar-refractivity contribution in [3.63, 3.8) is 0 Å². The molecule has 3 rings (SSSR count). The number of aryl methyl sites for hydroxylation is 1. The Balaban J connectivity index is 1.64. The lowest BCUT2D eigenvalue weighted by Crippen LogP contribution is -2.29. The third-order valence-corrected chi connectivity index (χ3v) is 4.41. The number of para-hydroxylation sites is 2. The molecule has 4 N–H and O–H groups in total. The van der Waals surface area contributed by atoms with Crippen LogP contribution in [-0.4, -0.2) is 33.8 Å². The fourth-order valence-electron chi connectivity index (χ4n) is 2.88. The fraction of sp³-hybridized carbons (Fsp3) is 0.190. The largest absolute Gasteiger partial charge is 0.370 e. The summed E-state index contributed by atoms with van der Waals surface area (Å²) in [7, 11) is 0. The van der Waals surface area contributed by atoms with Crippen molar-refractivity contribution in [3.05, 3.63) is 70.8 Å². The van der Waals surface area contributed by atoms with Crippen LogP contribution < -0.4 is 21.9 Å². The standard InChI is InChI=1S/C21H21N5O4/c22-18(27)9-11-23-20(29)14-5-1-4-8-17(14)25-19(28)10-12-26-13-24-16-7-3-2-6-15(16)21(26)30/h1-8,13H,9-12H2,(H2,22,27)(H,23,29)(H,25,28). The minimum Gasteiger partial charge on any atom is -0.370 e. The molecule has 0 radical (unpaired) electrons. The molecule has 0 aliphatic rings. The summed E-state index contributed by atoms with van der Waals surface area (Å²) in [5, 5.41) is 5.76. The lowest BCUT2D eigenvalue weighted by Gasteiger charge is -2.12. The van der Waals surface area contributed by atoms with Crippen molar-refractivity contribution in [2.75, 3.05) is 11.9 Å². The molecule has 1 heterocycles. The van der Waals surface area contributed by atoms with Crippen LogP contribution in [0.1, 0.15) is 23.2 Å². The zero-order chi connectivity index (χ0) is 21.5. The average Bonchev–Trinajstić information content (AvgIpc) is 2.73. The van der Waals surface area contributed by atoms with Crippen LogP contribution in [-0.2, 0) is 16.1 Å². The molecule has 0 aliphatic carbocycles. The Labute approximate surface area is 171 Å². The van der Waals surface area contributed by atoms with Gasteiger partial charge < -0.3 is 16.4 Å². The van der Waals surface area contributed by atoms with Crippen molar-refractivity contribution in [1.82, 2.24) is 14.9 Å². The van der Waals surface area contributed by atoms with Crippen LogP contribution >= 0.6 is 0 Å². The molecule has 9 heteroatoms. The Hall–Kier alpha value is -4.01. The number of nitrogens with two attached hydrogens (primary N) is 1. The van der Waals surface area contributed by atoms with E-state index < -0.39 is 11.8 Å². The van der Waals surface area contributed by atoms with E-state index in [1.807, 2.05) is 0 Å². The highest BCUT2D eigenvalue weighted by Crippen LogP contribution is 2.15. The summed E-state index contributed by atoms with van der Waals surface area (Å²) in [5.74, 6) is -1.30. The molecule has 0 unspecified atom stereocenters. The second-order valence-corrected chi connectivity index (χ2v) is 6.58. The highest BCUT2D eigenvalue weighted by molar-refractivity contribution is 6.03. The predicted molar refractivity (Wildman–Crippen MR) is 112 cm³/mol. The van der Waals surface area contributed by atoms with Gasteiger partial charge in [0.15, 0.2) is 0 Å². The number of fused-ring (bicyclic) bond motifs is 1. The number of nitrogens with one attached hydrogen (secondary N) is 2. The summed E-state index contributed by atoms with van der Waals surface area (Å²) < 4.78 is 1.38. The molecule has 1 aromatic heterocycles. The van der Waals surface area contributed by atoms with E-state index in [0.29, 0.717) is 16.6 Å². The molecule has 30 heavy (non-hydrogen) atoms. The van der Waals surface area contributed by atoms with Gasteiger partial charge in [0, 0.05) is 25.9 Å². The zero-order valence-corrected chi connectivity index (χ0v) is 16.1. The number of carbonyl (C=O) groups excluding carboxylic acids is 3. The molecule has 0 bridgehead atoms. The van der Waals surface area contributed by atoms with E-state index in [9.17, 15) is 19.2 Å². The maximum atomic E-state index is 12.5. The van der Waals surface area contributed by atoms with Gasteiger partial charge in [-0.25, -0.2) is 4.98 Å². The second-order valence-electron chi connectivity index (χ2n) is 6.58. The number of aromatic nitrogens is 2. The quantitative estimate of drug-likeness (QED) is 0.512. The Morgan fingerprint density at radius 1 is 1.00 bits per heavy atom. The summed E-state index contributed by atoms with van der Waals surface area (Å²) in [5.41, 5.74) is 6.04. The van der Waals surface area contributed by atoms with Gasteiger partial charge in [-0.3, -0.25) is 23.7 Å². The fourth-order valence-corrected chi connectivity index (χ4v) is 2.88. The normalized spacial score (nSPS) is 10.5. The van der Waals surface area contributed by atoms with Crippen LogP contribution in [0.4, 0.5) is 5.69 Å². The van der Waals surface area contributed by atoms with Crippen molar-refractivity contribution in [1.29, 1.82) is 0 Å². The minimum absolute atomic E-state index is 0.0226. The molecule has 0 atom stereocenters. The van der Waals surface area contributed by atoms with E-state index in [1.165, 1.54) is 10.9 Å². The molecule has 2 aromatic carbocycles. The Kier molecular flexibility index (Phi) is 6.53. The average molecular weight is 407 g/mol. The van der Waals surface area contributed by atoms with E-state index in [1.54, 1.807) is 48.5 Å². The van der Waals surface area contributed by atoms with Crippen LogP contribution in [0.15, 0.2) is 59.7 Å². The molecule has 3 amide bonds. The molecule has 0 spiro atoms. The number of benzene rings is 2. The first-order valence-electron chi connectivity index (χ1n) is 9.35. The van der Waals surface area contributed by atoms with Crippen molar-refractivity contribution in [3.8, 4) is 0 Å². The summed E-state index contributed by atoms with van der Waals surface area (Å²) >= 11 is 0. The molecule has 0 fully saturated rings. The summed E-state index contributed by atoms with van der Waals surface area (Å²) in [6, 6.07) is 13.5. The topological polar surface area (TPSA) is 136 Å². The lowest BCUT2D eigenvalue weighted by atomic mass is 10.1. The summed E-state index contributed by atoms with van der Waals surface area (Å²) in [6.07, 6.45) is 1.46. The third kappa shape index (κ3) is 5.07. The van der Waals surface area contributed by atoms with Gasteiger partial charge in [-0.15, -0.1) is 0 Å². The van der Waals surface area contributed by atoms with Gasteiger partial charge in [0.25, 0.3) is 11.5 Å². The maximum Gasteiger partial charge on any atom is 0.261 e. The van der Waals surface area contributed by atoms with Gasteiger partial charge in [0.05, 0.1) is 28.5 Å². The third-order valence-electron chi connectivity index (χ3n) is 4.41. The second kappa shape index (κ2) is 9.46. The van der Waals surface area contributed by atoms with Crippen molar-refractivity contribution >= 4 is 34.3 Å². The van der Waals surface area contributed by atoms with Gasteiger partial charge in [0.1, 0.15) is 0 Å². The summed E-state index contributed by atoms with van der Waals surface area (Å²) in [4.78, 5) is 52.2.